The third kappa shape index (κ3) is 2.01. The summed E-state index contributed by atoms with van der Waals surface area (Å²) in [6.07, 6.45) is 1.45. The highest BCUT2D eigenvalue weighted by Gasteiger charge is 2.12. The molecule has 0 saturated heterocycles. The number of rotatable bonds is 3. The first-order valence-corrected chi connectivity index (χ1v) is 6.69. The van der Waals surface area contributed by atoms with Crippen molar-refractivity contribution < 1.29 is 14.3 Å². The molecule has 102 valence electrons. The Bertz CT molecular complexity index is 859. The number of aryl methyl sites for hydroxylation is 1. The topological polar surface area (TPSA) is 85.3 Å². The molecule has 0 saturated carbocycles. The molecule has 0 aromatic carbocycles. The summed E-state index contributed by atoms with van der Waals surface area (Å²) in [5.74, 6) is -0.876. The molecule has 0 fully saturated rings. The first kappa shape index (κ1) is 12.6. The maximum absolute atomic E-state index is 12.3. The van der Waals surface area contributed by atoms with Crippen molar-refractivity contribution in [3.63, 3.8) is 0 Å². The van der Waals surface area contributed by atoms with Crippen molar-refractivity contribution >= 4 is 27.5 Å². The number of nitrogens with zero attached hydrogens (tertiary/aromatic N) is 2. The van der Waals surface area contributed by atoms with Gasteiger partial charge >= 0.3 is 5.97 Å². The number of thiophene rings is 1. The zero-order chi connectivity index (χ0) is 14.3. The van der Waals surface area contributed by atoms with Gasteiger partial charge in [0.1, 0.15) is 10.5 Å². The van der Waals surface area contributed by atoms with Crippen LogP contribution < -0.4 is 5.56 Å². The molecule has 3 rings (SSSR count). The second-order valence-corrected chi connectivity index (χ2v) is 5.22. The normalized spacial score (nSPS) is 11.1. The second-order valence-electron chi connectivity index (χ2n) is 4.35. The zero-order valence-corrected chi connectivity index (χ0v) is 11.3. The fraction of sp³-hybridized carbons (Fsp3) is 0.154. The van der Waals surface area contributed by atoms with Crippen molar-refractivity contribution in [3.8, 4) is 0 Å². The van der Waals surface area contributed by atoms with Crippen LogP contribution in [-0.2, 0) is 6.54 Å². The summed E-state index contributed by atoms with van der Waals surface area (Å²) >= 11 is 1.35. The molecule has 1 N–H and O–H groups in total. The van der Waals surface area contributed by atoms with Crippen molar-refractivity contribution in [3.05, 3.63) is 51.3 Å². The Labute approximate surface area is 116 Å². The molecule has 0 bridgehead atoms. The van der Waals surface area contributed by atoms with Crippen LogP contribution in [0, 0.1) is 6.92 Å². The van der Waals surface area contributed by atoms with Crippen LogP contribution in [0.2, 0.25) is 0 Å². The first-order valence-electron chi connectivity index (χ1n) is 5.81. The molecule has 6 nitrogen and oxygen atoms in total. The van der Waals surface area contributed by atoms with Gasteiger partial charge in [0.2, 0.25) is 5.76 Å². The first-order chi connectivity index (χ1) is 9.56. The second kappa shape index (κ2) is 4.61. The van der Waals surface area contributed by atoms with E-state index < -0.39 is 5.97 Å². The molecule has 3 heterocycles. The van der Waals surface area contributed by atoms with Crippen molar-refractivity contribution in [2.45, 2.75) is 13.5 Å². The average Bonchev–Trinajstić information content (AvgIpc) is 3.01. The summed E-state index contributed by atoms with van der Waals surface area (Å²) in [6, 6.07) is 2.91. The van der Waals surface area contributed by atoms with Gasteiger partial charge in [0.25, 0.3) is 5.56 Å². The van der Waals surface area contributed by atoms with Crippen molar-refractivity contribution in [1.29, 1.82) is 0 Å². The van der Waals surface area contributed by atoms with E-state index >= 15 is 0 Å². The Morgan fingerprint density at radius 1 is 1.50 bits per heavy atom. The van der Waals surface area contributed by atoms with Gasteiger partial charge < -0.3 is 9.52 Å². The van der Waals surface area contributed by atoms with Gasteiger partial charge in [0.05, 0.1) is 18.4 Å². The zero-order valence-electron chi connectivity index (χ0n) is 10.5. The molecular formula is C13H10N2O4S. The smallest absolute Gasteiger partial charge is 0.371 e. The minimum Gasteiger partial charge on any atom is -0.475 e. The number of fused-ring (bicyclic) bond motifs is 1. The molecule has 0 radical (unpaired) electrons. The van der Waals surface area contributed by atoms with Gasteiger partial charge in [-0.15, -0.1) is 11.3 Å². The lowest BCUT2D eigenvalue weighted by molar-refractivity contribution is 0.0660. The third-order valence-electron chi connectivity index (χ3n) is 2.92. The molecule has 3 aromatic rings. The van der Waals surface area contributed by atoms with E-state index in [0.29, 0.717) is 16.0 Å². The fourth-order valence-corrected chi connectivity index (χ4v) is 2.87. The molecule has 0 aliphatic heterocycles. The number of aromatic nitrogens is 2. The molecule has 0 aliphatic rings. The summed E-state index contributed by atoms with van der Waals surface area (Å²) < 4.78 is 7.14. The lowest BCUT2D eigenvalue weighted by Gasteiger charge is -2.02. The maximum Gasteiger partial charge on any atom is 0.371 e. The fourth-order valence-electron chi connectivity index (χ4n) is 1.92. The van der Waals surface area contributed by atoms with Crippen LogP contribution in [0.5, 0.6) is 0 Å². The number of furan rings is 1. The number of carboxylic acids is 1. The van der Waals surface area contributed by atoms with Crippen LogP contribution in [0.15, 0.2) is 33.1 Å². The molecule has 0 aliphatic carbocycles. The standard InChI is InChI=1S/C13H10N2O4S/c1-7-5-20-11-10(7)14-6-15(12(11)16)4-8-2-3-9(19-8)13(17)18/h2-3,5-6H,4H2,1H3,(H,17,18). The van der Waals surface area contributed by atoms with E-state index in [-0.39, 0.29) is 17.9 Å². The summed E-state index contributed by atoms with van der Waals surface area (Å²) in [4.78, 5) is 27.3. The Morgan fingerprint density at radius 3 is 3.00 bits per heavy atom. The van der Waals surface area contributed by atoms with Gasteiger partial charge in [-0.25, -0.2) is 9.78 Å². The van der Waals surface area contributed by atoms with Gasteiger partial charge in [-0.1, -0.05) is 0 Å². The van der Waals surface area contributed by atoms with Gasteiger partial charge in [0.15, 0.2) is 0 Å². The number of carbonyl (C=O) groups is 1. The highest BCUT2D eigenvalue weighted by atomic mass is 32.1. The SMILES string of the molecule is Cc1csc2c(=O)n(Cc3ccc(C(=O)O)o3)cnc12. The minimum atomic E-state index is -1.13. The molecule has 20 heavy (non-hydrogen) atoms. The van der Waals surface area contributed by atoms with Crippen LogP contribution >= 0.6 is 11.3 Å². The third-order valence-corrected chi connectivity index (χ3v) is 4.00. The van der Waals surface area contributed by atoms with Gasteiger partial charge in [-0.2, -0.15) is 0 Å². The predicted octanol–water partition coefficient (Wildman–Crippen LogP) is 2.11. The van der Waals surface area contributed by atoms with Gasteiger partial charge in [-0.05, 0) is 30.0 Å². The Morgan fingerprint density at radius 2 is 2.30 bits per heavy atom. The van der Waals surface area contributed by atoms with Crippen molar-refractivity contribution in [2.24, 2.45) is 0 Å². The molecule has 3 aromatic heterocycles. The van der Waals surface area contributed by atoms with Gasteiger partial charge in [-0.3, -0.25) is 9.36 Å². The van der Waals surface area contributed by atoms with E-state index in [1.807, 2.05) is 12.3 Å². The lowest BCUT2D eigenvalue weighted by atomic mass is 10.3. The quantitative estimate of drug-likeness (QED) is 0.798. The molecule has 0 amide bonds. The number of hydrogen-bond donors (Lipinski definition) is 1. The highest BCUT2D eigenvalue weighted by molar-refractivity contribution is 7.17. The largest absolute Gasteiger partial charge is 0.475 e. The van der Waals surface area contributed by atoms with Gasteiger partial charge in [0, 0.05) is 0 Å². The number of hydrogen-bond acceptors (Lipinski definition) is 5. The van der Waals surface area contributed by atoms with Crippen molar-refractivity contribution in [1.82, 2.24) is 9.55 Å². The maximum atomic E-state index is 12.3. The van der Waals surface area contributed by atoms with Crippen LogP contribution in [-0.4, -0.2) is 20.6 Å². The molecule has 7 heteroatoms. The van der Waals surface area contributed by atoms with E-state index in [1.165, 1.54) is 28.3 Å². The Balaban J connectivity index is 2.00. The highest BCUT2D eigenvalue weighted by Crippen LogP contribution is 2.19. The summed E-state index contributed by atoms with van der Waals surface area (Å²) in [5, 5.41) is 10.7. The summed E-state index contributed by atoms with van der Waals surface area (Å²) in [5.41, 5.74) is 1.53. The predicted molar refractivity (Wildman–Crippen MR) is 73.4 cm³/mol. The van der Waals surface area contributed by atoms with Crippen molar-refractivity contribution in [2.75, 3.05) is 0 Å². The van der Waals surface area contributed by atoms with E-state index in [9.17, 15) is 9.59 Å². The van der Waals surface area contributed by atoms with E-state index in [2.05, 4.69) is 4.98 Å². The summed E-state index contributed by atoms with van der Waals surface area (Å²) in [7, 11) is 0. The Kier molecular flexibility index (Phi) is 2.90. The van der Waals surface area contributed by atoms with E-state index in [4.69, 9.17) is 9.52 Å². The average molecular weight is 290 g/mol. The minimum absolute atomic E-state index is 0.144. The van der Waals surface area contributed by atoms with Crippen LogP contribution in [0.4, 0.5) is 0 Å². The molecule has 0 spiro atoms. The van der Waals surface area contributed by atoms with E-state index in [1.54, 1.807) is 6.07 Å². The molecule has 0 atom stereocenters. The number of carboxylic acid groups (broad SMARTS) is 1. The molecular weight excluding hydrogens is 280 g/mol. The summed E-state index contributed by atoms with van der Waals surface area (Å²) in [6.45, 7) is 2.06. The molecule has 0 unspecified atom stereocenters. The van der Waals surface area contributed by atoms with Crippen LogP contribution in [0.1, 0.15) is 21.9 Å². The lowest BCUT2D eigenvalue weighted by Crippen LogP contribution is -2.20. The number of aromatic carboxylic acids is 1. The monoisotopic (exact) mass is 290 g/mol. The van der Waals surface area contributed by atoms with Crippen LogP contribution in [0.25, 0.3) is 10.2 Å². The Hall–Kier alpha value is -2.41. The van der Waals surface area contributed by atoms with Crippen LogP contribution in [0.3, 0.4) is 0 Å². The van der Waals surface area contributed by atoms with E-state index in [0.717, 1.165) is 5.56 Å².